The normalized spacial score (nSPS) is 24.3. The number of rotatable bonds is 3. The number of fused-ring (bicyclic) bond motifs is 1. The number of piperidine rings is 1. The molecule has 1 unspecified atom stereocenters. The van der Waals surface area contributed by atoms with Crippen molar-refractivity contribution in [3.05, 3.63) is 35.4 Å². The van der Waals surface area contributed by atoms with E-state index >= 15 is 0 Å². The van der Waals surface area contributed by atoms with Gasteiger partial charge in [0.2, 0.25) is 11.8 Å². The molecular formula is C19H24N2O2. The third-order valence-corrected chi connectivity index (χ3v) is 5.55. The zero-order valence-electron chi connectivity index (χ0n) is 13.5. The lowest BCUT2D eigenvalue weighted by Gasteiger charge is -2.32. The van der Waals surface area contributed by atoms with Crippen LogP contribution >= 0.6 is 0 Å². The van der Waals surface area contributed by atoms with Crippen molar-refractivity contribution in [1.82, 2.24) is 10.2 Å². The summed E-state index contributed by atoms with van der Waals surface area (Å²) in [6.07, 6.45) is 5.78. The number of amides is 2. The maximum absolute atomic E-state index is 12.6. The highest BCUT2D eigenvalue weighted by atomic mass is 16.2. The third kappa shape index (κ3) is 2.99. The van der Waals surface area contributed by atoms with E-state index in [2.05, 4.69) is 23.5 Å². The molecule has 4 heteroatoms. The Kier molecular flexibility index (Phi) is 3.83. The molecule has 23 heavy (non-hydrogen) atoms. The van der Waals surface area contributed by atoms with Gasteiger partial charge in [0.1, 0.15) is 0 Å². The van der Waals surface area contributed by atoms with Crippen molar-refractivity contribution in [2.75, 3.05) is 13.1 Å². The summed E-state index contributed by atoms with van der Waals surface area (Å²) in [5, 5.41) is 3.24. The van der Waals surface area contributed by atoms with E-state index in [0.29, 0.717) is 5.91 Å². The van der Waals surface area contributed by atoms with Crippen LogP contribution in [0.2, 0.25) is 0 Å². The molecule has 4 nitrogen and oxygen atoms in total. The highest BCUT2D eigenvalue weighted by Crippen LogP contribution is 2.33. The van der Waals surface area contributed by atoms with Crippen LogP contribution in [-0.4, -0.2) is 29.8 Å². The summed E-state index contributed by atoms with van der Waals surface area (Å²) in [6, 6.07) is 8.57. The van der Waals surface area contributed by atoms with E-state index in [1.165, 1.54) is 11.1 Å². The van der Waals surface area contributed by atoms with Crippen LogP contribution in [0, 0.1) is 11.8 Å². The van der Waals surface area contributed by atoms with E-state index in [1.807, 2.05) is 11.0 Å². The van der Waals surface area contributed by atoms with Gasteiger partial charge in [0.15, 0.2) is 0 Å². The average molecular weight is 312 g/mol. The van der Waals surface area contributed by atoms with Crippen LogP contribution in [0.15, 0.2) is 24.3 Å². The quantitative estimate of drug-likeness (QED) is 0.932. The first-order chi connectivity index (χ1) is 11.2. The number of carbonyl (C=O) groups is 2. The fourth-order valence-corrected chi connectivity index (χ4v) is 3.95. The van der Waals surface area contributed by atoms with Gasteiger partial charge in [-0.1, -0.05) is 24.3 Å². The lowest BCUT2D eigenvalue weighted by molar-refractivity contribution is -0.136. The number of likely N-dealkylation sites (tertiary alicyclic amines) is 1. The first kappa shape index (κ1) is 14.7. The molecule has 1 atom stereocenters. The summed E-state index contributed by atoms with van der Waals surface area (Å²) >= 11 is 0. The van der Waals surface area contributed by atoms with Crippen molar-refractivity contribution in [2.24, 2.45) is 11.8 Å². The molecule has 4 rings (SSSR count). The molecule has 2 fully saturated rings. The Morgan fingerprint density at radius 1 is 0.957 bits per heavy atom. The Bertz CT molecular complexity index is 616. The molecule has 0 bridgehead atoms. The molecule has 2 aliphatic carbocycles. The fraction of sp³-hybridized carbons (Fsp3) is 0.579. The Morgan fingerprint density at radius 3 is 2.43 bits per heavy atom. The summed E-state index contributed by atoms with van der Waals surface area (Å²) < 4.78 is 0. The Labute approximate surface area is 137 Å². The van der Waals surface area contributed by atoms with Crippen LogP contribution in [0.5, 0.6) is 0 Å². The van der Waals surface area contributed by atoms with Crippen LogP contribution in [-0.2, 0) is 16.0 Å². The summed E-state index contributed by atoms with van der Waals surface area (Å²) in [4.78, 5) is 26.6. The number of nitrogens with zero attached hydrogens (tertiary/aromatic N) is 1. The zero-order valence-corrected chi connectivity index (χ0v) is 13.5. The van der Waals surface area contributed by atoms with Crippen LogP contribution < -0.4 is 5.32 Å². The number of hydrogen-bond donors (Lipinski definition) is 1. The van der Waals surface area contributed by atoms with Gasteiger partial charge in [0.25, 0.3) is 0 Å². The number of carbonyl (C=O) groups excluding carboxylic acids is 2. The first-order valence-corrected chi connectivity index (χ1v) is 8.89. The van der Waals surface area contributed by atoms with Crippen LogP contribution in [0.4, 0.5) is 0 Å². The predicted octanol–water partition coefficient (Wildman–Crippen LogP) is 2.44. The van der Waals surface area contributed by atoms with E-state index in [0.717, 1.165) is 51.6 Å². The van der Waals surface area contributed by atoms with E-state index in [9.17, 15) is 9.59 Å². The molecule has 2 amide bonds. The average Bonchev–Trinajstić information content (AvgIpc) is 3.37. The number of nitrogens with one attached hydrogen (secondary N) is 1. The molecule has 0 aromatic heterocycles. The first-order valence-electron chi connectivity index (χ1n) is 8.89. The molecule has 1 aromatic carbocycles. The molecule has 0 radical (unpaired) electrons. The predicted molar refractivity (Wildman–Crippen MR) is 87.7 cm³/mol. The van der Waals surface area contributed by atoms with Gasteiger partial charge >= 0.3 is 0 Å². The van der Waals surface area contributed by atoms with Gasteiger partial charge in [-0.25, -0.2) is 0 Å². The minimum atomic E-state index is 0.0611. The minimum absolute atomic E-state index is 0.0611. The molecule has 1 aromatic rings. The summed E-state index contributed by atoms with van der Waals surface area (Å²) in [7, 11) is 0. The summed E-state index contributed by atoms with van der Waals surface area (Å²) in [5.41, 5.74) is 2.64. The second kappa shape index (κ2) is 5.99. The van der Waals surface area contributed by atoms with Crippen molar-refractivity contribution >= 4 is 11.8 Å². The largest absolute Gasteiger partial charge is 0.349 e. The van der Waals surface area contributed by atoms with Gasteiger partial charge in [0, 0.05) is 24.9 Å². The van der Waals surface area contributed by atoms with Crippen LogP contribution in [0.3, 0.4) is 0 Å². The summed E-state index contributed by atoms with van der Waals surface area (Å²) in [5.74, 6) is 0.834. The fourth-order valence-electron chi connectivity index (χ4n) is 3.95. The van der Waals surface area contributed by atoms with Gasteiger partial charge in [-0.15, -0.1) is 0 Å². The zero-order chi connectivity index (χ0) is 15.8. The van der Waals surface area contributed by atoms with Crippen LogP contribution in [0.25, 0.3) is 0 Å². The van der Waals surface area contributed by atoms with Crippen molar-refractivity contribution in [1.29, 1.82) is 0 Å². The standard InChI is InChI=1S/C19H24N2O2/c22-18(20-17-8-7-13-3-1-2-4-16(13)17)14-9-11-21(12-10-14)19(23)15-5-6-15/h1-4,14-15,17H,5-12H2,(H,20,22). The molecule has 122 valence electrons. The van der Waals surface area contributed by atoms with E-state index in [-0.39, 0.29) is 23.8 Å². The van der Waals surface area contributed by atoms with Crippen LogP contribution in [0.1, 0.15) is 49.3 Å². The van der Waals surface area contributed by atoms with E-state index in [1.54, 1.807) is 0 Å². The number of benzene rings is 1. The molecule has 0 spiro atoms. The Hall–Kier alpha value is -1.84. The molecule has 1 heterocycles. The van der Waals surface area contributed by atoms with Gasteiger partial charge in [-0.2, -0.15) is 0 Å². The summed E-state index contributed by atoms with van der Waals surface area (Å²) in [6.45, 7) is 1.49. The van der Waals surface area contributed by atoms with Gasteiger partial charge in [0.05, 0.1) is 6.04 Å². The highest BCUT2D eigenvalue weighted by Gasteiger charge is 2.36. The minimum Gasteiger partial charge on any atom is -0.349 e. The lowest BCUT2D eigenvalue weighted by Crippen LogP contribution is -2.44. The highest BCUT2D eigenvalue weighted by molar-refractivity contribution is 5.82. The maximum Gasteiger partial charge on any atom is 0.225 e. The molecule has 1 saturated carbocycles. The van der Waals surface area contributed by atoms with E-state index in [4.69, 9.17) is 0 Å². The van der Waals surface area contributed by atoms with Gasteiger partial charge < -0.3 is 10.2 Å². The third-order valence-electron chi connectivity index (χ3n) is 5.55. The molecule has 3 aliphatic rings. The number of hydrogen-bond acceptors (Lipinski definition) is 2. The second-order valence-electron chi connectivity index (χ2n) is 7.17. The van der Waals surface area contributed by atoms with Crippen molar-refractivity contribution in [3.8, 4) is 0 Å². The smallest absolute Gasteiger partial charge is 0.225 e. The Morgan fingerprint density at radius 2 is 1.70 bits per heavy atom. The molecular weight excluding hydrogens is 288 g/mol. The topological polar surface area (TPSA) is 49.4 Å². The SMILES string of the molecule is O=C(NC1CCc2ccccc21)C1CCN(C(=O)C2CC2)CC1. The second-order valence-corrected chi connectivity index (χ2v) is 7.17. The van der Waals surface area contributed by atoms with Crippen molar-refractivity contribution in [3.63, 3.8) is 0 Å². The van der Waals surface area contributed by atoms with Crippen molar-refractivity contribution < 1.29 is 9.59 Å². The Balaban J connectivity index is 1.31. The van der Waals surface area contributed by atoms with Gasteiger partial charge in [-0.3, -0.25) is 9.59 Å². The van der Waals surface area contributed by atoms with Gasteiger partial charge in [-0.05, 0) is 49.7 Å². The maximum atomic E-state index is 12.6. The number of aryl methyl sites for hydroxylation is 1. The molecule has 1 aliphatic heterocycles. The van der Waals surface area contributed by atoms with E-state index < -0.39 is 0 Å². The lowest BCUT2D eigenvalue weighted by atomic mass is 9.95. The molecule has 1 saturated heterocycles. The monoisotopic (exact) mass is 312 g/mol. The molecule has 1 N–H and O–H groups in total. The van der Waals surface area contributed by atoms with Crippen molar-refractivity contribution in [2.45, 2.75) is 44.6 Å².